The van der Waals surface area contributed by atoms with Gasteiger partial charge in [-0.15, -0.1) is 0 Å². The highest BCUT2D eigenvalue weighted by Gasteiger charge is 2.10. The summed E-state index contributed by atoms with van der Waals surface area (Å²) in [6, 6.07) is 15.2. The second kappa shape index (κ2) is 5.21. The SMILES string of the molecule is CC(C)n1c(Cc2ccc3ccccc3c2)n[nH]c1=S. The Labute approximate surface area is 123 Å². The summed E-state index contributed by atoms with van der Waals surface area (Å²) < 4.78 is 2.76. The van der Waals surface area contributed by atoms with Gasteiger partial charge in [-0.2, -0.15) is 5.10 Å². The standard InChI is InChI=1S/C16H17N3S/c1-11(2)19-15(17-18-16(19)20)10-12-7-8-13-5-3-4-6-14(13)9-12/h3-9,11H,10H2,1-2H3,(H,18,20). The Morgan fingerprint density at radius 3 is 2.65 bits per heavy atom. The summed E-state index contributed by atoms with van der Waals surface area (Å²) in [5, 5.41) is 9.77. The van der Waals surface area contributed by atoms with E-state index in [0.29, 0.717) is 10.8 Å². The lowest BCUT2D eigenvalue weighted by molar-refractivity contribution is 0.567. The molecule has 3 nitrogen and oxygen atoms in total. The van der Waals surface area contributed by atoms with Gasteiger partial charge >= 0.3 is 0 Å². The molecule has 0 aliphatic rings. The van der Waals surface area contributed by atoms with Gasteiger partial charge in [0.05, 0.1) is 0 Å². The van der Waals surface area contributed by atoms with Crippen LogP contribution in [0, 0.1) is 4.77 Å². The third-order valence-electron chi connectivity index (χ3n) is 3.47. The monoisotopic (exact) mass is 283 g/mol. The van der Waals surface area contributed by atoms with Crippen molar-refractivity contribution >= 4 is 23.0 Å². The Hall–Kier alpha value is -1.94. The Morgan fingerprint density at radius 2 is 1.90 bits per heavy atom. The average Bonchev–Trinajstić information content (AvgIpc) is 2.79. The number of hydrogen-bond donors (Lipinski definition) is 1. The largest absolute Gasteiger partial charge is 0.301 e. The molecule has 1 heterocycles. The summed E-state index contributed by atoms with van der Waals surface area (Å²) in [6.45, 7) is 4.24. The lowest BCUT2D eigenvalue weighted by atomic mass is 10.0. The summed E-state index contributed by atoms with van der Waals surface area (Å²) in [6.07, 6.45) is 0.788. The van der Waals surface area contributed by atoms with E-state index in [-0.39, 0.29) is 0 Å². The first kappa shape index (κ1) is 13.1. The molecular formula is C16H17N3S. The molecule has 20 heavy (non-hydrogen) atoms. The first-order chi connectivity index (χ1) is 9.65. The summed E-state index contributed by atoms with van der Waals surface area (Å²) >= 11 is 5.29. The van der Waals surface area contributed by atoms with E-state index < -0.39 is 0 Å². The molecule has 0 aliphatic heterocycles. The lowest BCUT2D eigenvalue weighted by Gasteiger charge is -2.10. The van der Waals surface area contributed by atoms with Crippen molar-refractivity contribution in [1.82, 2.24) is 14.8 Å². The summed E-state index contributed by atoms with van der Waals surface area (Å²) in [7, 11) is 0. The first-order valence-corrected chi connectivity index (χ1v) is 7.19. The maximum atomic E-state index is 5.29. The predicted molar refractivity (Wildman–Crippen MR) is 84.6 cm³/mol. The molecule has 0 spiro atoms. The van der Waals surface area contributed by atoms with Gasteiger partial charge < -0.3 is 4.57 Å². The van der Waals surface area contributed by atoms with E-state index in [1.54, 1.807) is 0 Å². The van der Waals surface area contributed by atoms with Gasteiger partial charge in [0.25, 0.3) is 0 Å². The van der Waals surface area contributed by atoms with Crippen LogP contribution in [0.25, 0.3) is 10.8 Å². The molecule has 2 aromatic carbocycles. The molecule has 0 saturated carbocycles. The van der Waals surface area contributed by atoms with Crippen molar-refractivity contribution in [2.45, 2.75) is 26.3 Å². The van der Waals surface area contributed by atoms with Crippen LogP contribution in [0.2, 0.25) is 0 Å². The molecular weight excluding hydrogens is 266 g/mol. The molecule has 1 N–H and O–H groups in total. The molecule has 0 unspecified atom stereocenters. The maximum absolute atomic E-state index is 5.29. The number of aromatic nitrogens is 3. The lowest BCUT2D eigenvalue weighted by Crippen LogP contribution is -2.07. The number of aromatic amines is 1. The molecule has 0 amide bonds. The van der Waals surface area contributed by atoms with Gasteiger partial charge in [0.2, 0.25) is 0 Å². The van der Waals surface area contributed by atoms with Crippen molar-refractivity contribution in [3.05, 3.63) is 58.6 Å². The number of hydrogen-bond acceptors (Lipinski definition) is 2. The van der Waals surface area contributed by atoms with Crippen LogP contribution in [-0.2, 0) is 6.42 Å². The zero-order chi connectivity index (χ0) is 14.1. The number of fused-ring (bicyclic) bond motifs is 1. The minimum absolute atomic E-state index is 0.316. The molecule has 3 rings (SSSR count). The molecule has 0 atom stereocenters. The quantitative estimate of drug-likeness (QED) is 0.728. The van der Waals surface area contributed by atoms with Gasteiger partial charge in [-0.3, -0.25) is 5.10 Å². The fourth-order valence-electron chi connectivity index (χ4n) is 2.53. The van der Waals surface area contributed by atoms with Crippen LogP contribution in [0.1, 0.15) is 31.3 Å². The van der Waals surface area contributed by atoms with Crippen LogP contribution in [0.5, 0.6) is 0 Å². The van der Waals surface area contributed by atoms with E-state index in [1.807, 2.05) is 0 Å². The van der Waals surface area contributed by atoms with Gasteiger partial charge in [0.1, 0.15) is 5.82 Å². The molecule has 1 aromatic heterocycles. The zero-order valence-electron chi connectivity index (χ0n) is 11.6. The highest BCUT2D eigenvalue weighted by molar-refractivity contribution is 7.71. The van der Waals surface area contributed by atoms with Crippen LogP contribution in [0.15, 0.2) is 42.5 Å². The van der Waals surface area contributed by atoms with E-state index >= 15 is 0 Å². The minimum Gasteiger partial charge on any atom is -0.301 e. The molecule has 0 saturated heterocycles. The van der Waals surface area contributed by atoms with Crippen LogP contribution in [0.4, 0.5) is 0 Å². The molecule has 0 fully saturated rings. The van der Waals surface area contributed by atoms with Gasteiger partial charge in [0, 0.05) is 12.5 Å². The first-order valence-electron chi connectivity index (χ1n) is 6.78. The van der Waals surface area contributed by atoms with E-state index in [0.717, 1.165) is 12.2 Å². The minimum atomic E-state index is 0.316. The highest BCUT2D eigenvalue weighted by Crippen LogP contribution is 2.18. The molecule has 0 bridgehead atoms. The van der Waals surface area contributed by atoms with Gasteiger partial charge in [-0.05, 0) is 42.4 Å². The molecule has 4 heteroatoms. The van der Waals surface area contributed by atoms with Crippen LogP contribution in [0.3, 0.4) is 0 Å². The topological polar surface area (TPSA) is 33.6 Å². The smallest absolute Gasteiger partial charge is 0.195 e. The van der Waals surface area contributed by atoms with E-state index in [2.05, 4.69) is 71.1 Å². The molecule has 0 radical (unpaired) electrons. The molecule has 102 valence electrons. The van der Waals surface area contributed by atoms with Crippen molar-refractivity contribution in [3.63, 3.8) is 0 Å². The van der Waals surface area contributed by atoms with Crippen LogP contribution >= 0.6 is 12.2 Å². The fraction of sp³-hybridized carbons (Fsp3) is 0.250. The van der Waals surface area contributed by atoms with E-state index in [4.69, 9.17) is 12.2 Å². The highest BCUT2D eigenvalue weighted by atomic mass is 32.1. The van der Waals surface area contributed by atoms with Gasteiger partial charge in [-0.1, -0.05) is 42.5 Å². The van der Waals surface area contributed by atoms with Crippen molar-refractivity contribution in [3.8, 4) is 0 Å². The summed E-state index contributed by atoms with van der Waals surface area (Å²) in [4.78, 5) is 0. The number of H-pyrrole nitrogens is 1. The second-order valence-electron chi connectivity index (χ2n) is 5.27. The number of nitrogens with one attached hydrogen (secondary N) is 1. The predicted octanol–water partition coefficient (Wildman–Crippen LogP) is 4.27. The molecule has 0 aliphatic carbocycles. The Bertz CT molecular complexity index is 799. The number of nitrogens with zero attached hydrogens (tertiary/aromatic N) is 2. The Balaban J connectivity index is 1.99. The van der Waals surface area contributed by atoms with E-state index in [1.165, 1.54) is 16.3 Å². The average molecular weight is 283 g/mol. The Kier molecular flexibility index (Phi) is 3.40. The van der Waals surface area contributed by atoms with Crippen molar-refractivity contribution in [2.75, 3.05) is 0 Å². The van der Waals surface area contributed by atoms with Gasteiger partial charge in [0.15, 0.2) is 4.77 Å². The summed E-state index contributed by atoms with van der Waals surface area (Å²) in [5.74, 6) is 0.986. The Morgan fingerprint density at radius 1 is 1.15 bits per heavy atom. The molecule has 3 aromatic rings. The van der Waals surface area contributed by atoms with Crippen molar-refractivity contribution in [2.24, 2.45) is 0 Å². The number of rotatable bonds is 3. The third-order valence-corrected chi connectivity index (χ3v) is 3.76. The van der Waals surface area contributed by atoms with Gasteiger partial charge in [-0.25, -0.2) is 0 Å². The van der Waals surface area contributed by atoms with Crippen molar-refractivity contribution < 1.29 is 0 Å². The second-order valence-corrected chi connectivity index (χ2v) is 5.65. The van der Waals surface area contributed by atoms with Crippen molar-refractivity contribution in [1.29, 1.82) is 0 Å². The van der Waals surface area contributed by atoms with Crippen LogP contribution in [-0.4, -0.2) is 14.8 Å². The zero-order valence-corrected chi connectivity index (χ0v) is 12.4. The normalized spacial score (nSPS) is 11.3. The third kappa shape index (κ3) is 2.39. The maximum Gasteiger partial charge on any atom is 0.195 e. The van der Waals surface area contributed by atoms with Crippen LogP contribution < -0.4 is 0 Å². The summed E-state index contributed by atoms with van der Waals surface area (Å²) in [5.41, 5.74) is 1.25. The number of benzene rings is 2. The fourth-order valence-corrected chi connectivity index (χ4v) is 2.89. The van der Waals surface area contributed by atoms with E-state index in [9.17, 15) is 0 Å².